The number of nitrogens with one attached hydrogen (secondary N) is 1. The summed E-state index contributed by atoms with van der Waals surface area (Å²) in [5.41, 5.74) is 6.06. The van der Waals surface area contributed by atoms with Crippen LogP contribution in [0.25, 0.3) is 0 Å². The smallest absolute Gasteiger partial charge is 0.310 e. The Kier molecular flexibility index (Phi) is 1.88. The highest BCUT2D eigenvalue weighted by atomic mass is 16.6. The van der Waals surface area contributed by atoms with Crippen molar-refractivity contribution in [1.82, 2.24) is 10.2 Å². The fourth-order valence-electron chi connectivity index (χ4n) is 2.36. The molecule has 1 aromatic rings. The van der Waals surface area contributed by atoms with Crippen molar-refractivity contribution in [2.75, 3.05) is 6.54 Å². The summed E-state index contributed by atoms with van der Waals surface area (Å²) in [6.07, 6.45) is 2.11. The van der Waals surface area contributed by atoms with Gasteiger partial charge < -0.3 is 5.73 Å². The minimum absolute atomic E-state index is 0.0129. The van der Waals surface area contributed by atoms with E-state index in [1.54, 1.807) is 0 Å². The van der Waals surface area contributed by atoms with Crippen molar-refractivity contribution in [2.45, 2.75) is 25.7 Å². The highest BCUT2D eigenvalue weighted by Gasteiger charge is 2.64. The summed E-state index contributed by atoms with van der Waals surface area (Å²) in [4.78, 5) is 10.4. The largest absolute Gasteiger partial charge is 0.330 e. The third-order valence-corrected chi connectivity index (χ3v) is 3.56. The van der Waals surface area contributed by atoms with Crippen molar-refractivity contribution >= 4 is 5.69 Å². The molecule has 82 valence electrons. The van der Waals surface area contributed by atoms with Gasteiger partial charge >= 0.3 is 5.69 Å². The lowest BCUT2D eigenvalue weighted by atomic mass is 9.92. The minimum atomic E-state index is -0.412. The lowest BCUT2D eigenvalue weighted by Gasteiger charge is -2.15. The third kappa shape index (κ3) is 1.18. The molecule has 0 bridgehead atoms. The van der Waals surface area contributed by atoms with Gasteiger partial charge in [0.05, 0.1) is 4.92 Å². The second-order valence-electron chi connectivity index (χ2n) is 4.73. The number of aromatic amines is 1. The fraction of sp³-hybridized carbons (Fsp3) is 0.667. The van der Waals surface area contributed by atoms with E-state index in [9.17, 15) is 10.1 Å². The number of rotatable bonds is 3. The second kappa shape index (κ2) is 2.79. The van der Waals surface area contributed by atoms with Crippen LogP contribution in [0.1, 0.15) is 26.0 Å². The van der Waals surface area contributed by atoms with Crippen LogP contribution in [-0.4, -0.2) is 21.7 Å². The molecule has 1 heterocycles. The zero-order chi connectivity index (χ0) is 11.3. The van der Waals surface area contributed by atoms with Gasteiger partial charge in [0.1, 0.15) is 11.9 Å². The molecule has 0 amide bonds. The average molecular weight is 210 g/mol. The van der Waals surface area contributed by atoms with E-state index in [1.165, 1.54) is 6.20 Å². The fourth-order valence-corrected chi connectivity index (χ4v) is 2.36. The van der Waals surface area contributed by atoms with E-state index in [4.69, 9.17) is 5.73 Å². The van der Waals surface area contributed by atoms with E-state index in [0.29, 0.717) is 12.2 Å². The van der Waals surface area contributed by atoms with Gasteiger partial charge in [-0.1, -0.05) is 13.8 Å². The lowest BCUT2D eigenvalue weighted by molar-refractivity contribution is -0.385. The Morgan fingerprint density at radius 2 is 2.33 bits per heavy atom. The van der Waals surface area contributed by atoms with Crippen molar-refractivity contribution in [1.29, 1.82) is 0 Å². The summed E-state index contributed by atoms with van der Waals surface area (Å²) in [5.74, 6) is 0. The van der Waals surface area contributed by atoms with Gasteiger partial charge in [-0.3, -0.25) is 15.2 Å². The van der Waals surface area contributed by atoms with Crippen LogP contribution >= 0.6 is 0 Å². The Balaban J connectivity index is 2.46. The Hall–Kier alpha value is -1.43. The predicted octanol–water partition coefficient (Wildman–Crippen LogP) is 0.944. The Morgan fingerprint density at radius 3 is 2.73 bits per heavy atom. The maximum Gasteiger partial charge on any atom is 0.310 e. The molecule has 1 aromatic heterocycles. The zero-order valence-electron chi connectivity index (χ0n) is 8.78. The molecule has 0 spiro atoms. The monoisotopic (exact) mass is 210 g/mol. The summed E-state index contributed by atoms with van der Waals surface area (Å²) in [6, 6.07) is 0. The van der Waals surface area contributed by atoms with E-state index < -0.39 is 4.92 Å². The van der Waals surface area contributed by atoms with E-state index in [-0.39, 0.29) is 16.5 Å². The Morgan fingerprint density at radius 1 is 1.73 bits per heavy atom. The molecule has 1 fully saturated rings. The molecule has 1 unspecified atom stereocenters. The molecule has 15 heavy (non-hydrogen) atoms. The SMILES string of the molecule is CC1(C)CC1(CN)c1[nH]ncc1[N+](=O)[O-]. The number of hydrogen-bond acceptors (Lipinski definition) is 4. The quantitative estimate of drug-likeness (QED) is 0.573. The van der Waals surface area contributed by atoms with Crippen LogP contribution in [0.3, 0.4) is 0 Å². The van der Waals surface area contributed by atoms with Gasteiger partial charge in [0.25, 0.3) is 0 Å². The predicted molar refractivity (Wildman–Crippen MR) is 54.4 cm³/mol. The van der Waals surface area contributed by atoms with Gasteiger partial charge in [0, 0.05) is 12.0 Å². The molecule has 6 nitrogen and oxygen atoms in total. The maximum atomic E-state index is 10.8. The summed E-state index contributed by atoms with van der Waals surface area (Å²) >= 11 is 0. The molecule has 1 atom stereocenters. The number of H-pyrrole nitrogens is 1. The van der Waals surface area contributed by atoms with Crippen LogP contribution in [0.2, 0.25) is 0 Å². The highest BCUT2D eigenvalue weighted by molar-refractivity contribution is 5.45. The molecule has 0 aromatic carbocycles. The van der Waals surface area contributed by atoms with Gasteiger partial charge in [-0.2, -0.15) is 5.10 Å². The summed E-state index contributed by atoms with van der Waals surface area (Å²) in [7, 11) is 0. The van der Waals surface area contributed by atoms with Crippen molar-refractivity contribution in [2.24, 2.45) is 11.1 Å². The van der Waals surface area contributed by atoms with Gasteiger partial charge in [-0.05, 0) is 11.8 Å². The van der Waals surface area contributed by atoms with Crippen LogP contribution in [0.4, 0.5) is 5.69 Å². The normalized spacial score (nSPS) is 27.7. The summed E-state index contributed by atoms with van der Waals surface area (Å²) < 4.78 is 0. The first-order valence-corrected chi connectivity index (χ1v) is 4.83. The van der Waals surface area contributed by atoms with Gasteiger partial charge in [-0.15, -0.1) is 0 Å². The van der Waals surface area contributed by atoms with Crippen LogP contribution in [-0.2, 0) is 5.41 Å². The van der Waals surface area contributed by atoms with Crippen LogP contribution < -0.4 is 5.73 Å². The molecular weight excluding hydrogens is 196 g/mol. The van der Waals surface area contributed by atoms with E-state index in [0.717, 1.165) is 6.42 Å². The summed E-state index contributed by atoms with van der Waals surface area (Å²) in [6.45, 7) is 4.53. The molecule has 1 aliphatic carbocycles. The standard InChI is InChI=1S/C9H14N4O2/c1-8(2)4-9(8,5-10)7-6(13(14)15)3-11-12-7/h3H,4-5,10H2,1-2H3,(H,11,12). The van der Waals surface area contributed by atoms with Crippen molar-refractivity contribution < 1.29 is 4.92 Å². The number of nitrogens with two attached hydrogens (primary N) is 1. The molecule has 0 aliphatic heterocycles. The van der Waals surface area contributed by atoms with Crippen LogP contribution in [0, 0.1) is 15.5 Å². The maximum absolute atomic E-state index is 10.8. The lowest BCUT2D eigenvalue weighted by Crippen LogP contribution is -2.26. The molecule has 0 saturated heterocycles. The van der Waals surface area contributed by atoms with E-state index in [2.05, 4.69) is 24.0 Å². The van der Waals surface area contributed by atoms with E-state index >= 15 is 0 Å². The molecule has 6 heteroatoms. The van der Waals surface area contributed by atoms with Crippen molar-refractivity contribution in [3.63, 3.8) is 0 Å². The van der Waals surface area contributed by atoms with Gasteiger partial charge in [0.15, 0.2) is 0 Å². The number of aromatic nitrogens is 2. The average Bonchev–Trinajstić information content (AvgIpc) is 2.59. The van der Waals surface area contributed by atoms with Crippen LogP contribution in [0.5, 0.6) is 0 Å². The topological polar surface area (TPSA) is 97.8 Å². The molecule has 1 aliphatic rings. The molecule has 0 radical (unpaired) electrons. The molecule has 2 rings (SSSR count). The Bertz CT molecular complexity index is 412. The highest BCUT2D eigenvalue weighted by Crippen LogP contribution is 2.64. The number of hydrogen-bond donors (Lipinski definition) is 2. The molecule has 1 saturated carbocycles. The van der Waals surface area contributed by atoms with Crippen LogP contribution in [0.15, 0.2) is 6.20 Å². The molecular formula is C9H14N4O2. The first-order chi connectivity index (χ1) is 6.94. The number of nitrogens with zero attached hydrogens (tertiary/aromatic N) is 2. The molecule has 3 N–H and O–H groups in total. The van der Waals surface area contributed by atoms with Gasteiger partial charge in [0.2, 0.25) is 0 Å². The third-order valence-electron chi connectivity index (χ3n) is 3.56. The second-order valence-corrected chi connectivity index (χ2v) is 4.73. The van der Waals surface area contributed by atoms with Crippen molar-refractivity contribution in [3.8, 4) is 0 Å². The zero-order valence-corrected chi connectivity index (χ0v) is 8.78. The summed E-state index contributed by atoms with van der Waals surface area (Å²) in [5, 5.41) is 17.3. The van der Waals surface area contributed by atoms with E-state index in [1.807, 2.05) is 0 Å². The van der Waals surface area contributed by atoms with Crippen molar-refractivity contribution in [3.05, 3.63) is 22.0 Å². The Labute approximate surface area is 87.0 Å². The first-order valence-electron chi connectivity index (χ1n) is 4.83. The first kappa shape index (κ1) is 10.1. The minimum Gasteiger partial charge on any atom is -0.330 e. The number of nitro groups is 1. The van der Waals surface area contributed by atoms with Gasteiger partial charge in [-0.25, -0.2) is 0 Å².